The average Bonchev–Trinajstić information content (AvgIpc) is 2.53. The summed E-state index contributed by atoms with van der Waals surface area (Å²) in [5.74, 6) is 0.871. The first-order chi connectivity index (χ1) is 6.34. The Bertz CT molecular complexity index is 260. The largest absolute Gasteiger partial charge is 0.246 e. The predicted molar refractivity (Wildman–Crippen MR) is 57.7 cm³/mol. The Hall–Kier alpha value is -0.470. The van der Waals surface area contributed by atoms with Gasteiger partial charge in [-0.05, 0) is 36.4 Å². The molecule has 1 aliphatic heterocycles. The molecule has 1 aromatic carbocycles. The van der Waals surface area contributed by atoms with E-state index < -0.39 is 0 Å². The number of nitrogens with zero attached hydrogens (tertiary/aromatic N) is 1. The number of rotatable bonds is 2. The summed E-state index contributed by atoms with van der Waals surface area (Å²) in [6, 6.07) is 10.6. The summed E-state index contributed by atoms with van der Waals surface area (Å²) >= 11 is 1.89. The van der Waals surface area contributed by atoms with Gasteiger partial charge in [-0.15, -0.1) is 0 Å². The smallest absolute Gasteiger partial charge is 0.0230 e. The Kier molecular flexibility index (Phi) is 2.91. The van der Waals surface area contributed by atoms with E-state index in [1.165, 1.54) is 24.4 Å². The molecular formula is C11H15NS. The Morgan fingerprint density at radius 2 is 2.08 bits per heavy atom. The normalized spacial score (nSPS) is 23.6. The summed E-state index contributed by atoms with van der Waals surface area (Å²) in [6.07, 6.45) is 1.35. The molecule has 2 heteroatoms. The highest BCUT2D eigenvalue weighted by molar-refractivity contribution is 7.97. The molecule has 1 heterocycles. The summed E-state index contributed by atoms with van der Waals surface area (Å²) in [4.78, 5) is 1.36. The monoisotopic (exact) mass is 193 g/mol. The molecule has 0 aliphatic carbocycles. The molecule has 0 saturated carbocycles. The quantitative estimate of drug-likeness (QED) is 0.664. The topological polar surface area (TPSA) is 3.24 Å². The van der Waals surface area contributed by atoms with Crippen LogP contribution in [0.15, 0.2) is 35.2 Å². The number of hydrogen-bond donors (Lipinski definition) is 0. The van der Waals surface area contributed by atoms with E-state index in [1.54, 1.807) is 0 Å². The Balaban J connectivity index is 1.92. The van der Waals surface area contributed by atoms with Crippen LogP contribution >= 0.6 is 11.9 Å². The van der Waals surface area contributed by atoms with Crippen molar-refractivity contribution in [3.8, 4) is 0 Å². The highest BCUT2D eigenvalue weighted by atomic mass is 32.2. The van der Waals surface area contributed by atoms with Crippen LogP contribution in [0.4, 0.5) is 0 Å². The molecule has 1 saturated heterocycles. The van der Waals surface area contributed by atoms with E-state index in [0.29, 0.717) is 0 Å². The lowest BCUT2D eigenvalue weighted by atomic mass is 10.2. The van der Waals surface area contributed by atoms with Crippen LogP contribution in [0.25, 0.3) is 0 Å². The van der Waals surface area contributed by atoms with E-state index in [4.69, 9.17) is 0 Å². The van der Waals surface area contributed by atoms with Crippen molar-refractivity contribution in [2.24, 2.45) is 5.92 Å². The fourth-order valence-electron chi connectivity index (χ4n) is 1.61. The Morgan fingerprint density at radius 3 is 2.69 bits per heavy atom. The maximum atomic E-state index is 2.46. The van der Waals surface area contributed by atoms with Crippen LogP contribution in [0, 0.1) is 5.92 Å². The van der Waals surface area contributed by atoms with Gasteiger partial charge in [0.15, 0.2) is 0 Å². The molecule has 2 rings (SSSR count). The molecule has 0 spiro atoms. The van der Waals surface area contributed by atoms with E-state index in [0.717, 1.165) is 5.92 Å². The fourth-order valence-corrected chi connectivity index (χ4v) is 2.71. The average molecular weight is 193 g/mol. The molecule has 13 heavy (non-hydrogen) atoms. The summed E-state index contributed by atoms with van der Waals surface area (Å²) in [5.41, 5.74) is 0. The highest BCUT2D eigenvalue weighted by Gasteiger charge is 2.18. The zero-order valence-electron chi connectivity index (χ0n) is 7.94. The van der Waals surface area contributed by atoms with Crippen LogP contribution in [-0.2, 0) is 0 Å². The summed E-state index contributed by atoms with van der Waals surface area (Å²) in [6.45, 7) is 4.80. The minimum absolute atomic E-state index is 0.871. The third-order valence-corrected chi connectivity index (χ3v) is 3.44. The molecule has 0 N–H and O–H groups in total. The first-order valence-corrected chi connectivity index (χ1v) is 5.60. The number of hydrogen-bond acceptors (Lipinski definition) is 2. The molecule has 0 radical (unpaired) electrons. The van der Waals surface area contributed by atoms with Gasteiger partial charge in [0, 0.05) is 18.0 Å². The lowest BCUT2D eigenvalue weighted by Gasteiger charge is -2.13. The van der Waals surface area contributed by atoms with Crippen molar-refractivity contribution in [2.45, 2.75) is 18.2 Å². The lowest BCUT2D eigenvalue weighted by Crippen LogP contribution is -2.10. The van der Waals surface area contributed by atoms with Gasteiger partial charge in [-0.1, -0.05) is 25.1 Å². The van der Waals surface area contributed by atoms with E-state index in [2.05, 4.69) is 41.6 Å². The summed E-state index contributed by atoms with van der Waals surface area (Å²) in [7, 11) is 0. The van der Waals surface area contributed by atoms with Gasteiger partial charge >= 0.3 is 0 Å². The van der Waals surface area contributed by atoms with Crippen molar-refractivity contribution in [1.29, 1.82) is 0 Å². The maximum Gasteiger partial charge on any atom is 0.0230 e. The number of benzene rings is 1. The zero-order chi connectivity index (χ0) is 9.10. The summed E-state index contributed by atoms with van der Waals surface area (Å²) < 4.78 is 2.46. The van der Waals surface area contributed by atoms with Crippen LogP contribution in [0.1, 0.15) is 13.3 Å². The summed E-state index contributed by atoms with van der Waals surface area (Å²) in [5, 5.41) is 0. The molecule has 0 aromatic heterocycles. The Labute approximate surface area is 84.3 Å². The highest BCUT2D eigenvalue weighted by Crippen LogP contribution is 2.28. The standard InChI is InChI=1S/C11H15NS/c1-10-7-8-12(9-10)13-11-5-3-2-4-6-11/h2-6,10H,7-9H2,1H3/t10-/m0/s1. The van der Waals surface area contributed by atoms with Crippen molar-refractivity contribution >= 4 is 11.9 Å². The fraction of sp³-hybridized carbons (Fsp3) is 0.455. The SMILES string of the molecule is C[C@H]1CCN(Sc2ccccc2)C1. The van der Waals surface area contributed by atoms with Gasteiger partial charge < -0.3 is 0 Å². The van der Waals surface area contributed by atoms with Gasteiger partial charge in [-0.25, -0.2) is 4.31 Å². The minimum Gasteiger partial charge on any atom is -0.246 e. The van der Waals surface area contributed by atoms with Gasteiger partial charge in [0.1, 0.15) is 0 Å². The minimum atomic E-state index is 0.871. The second-order valence-corrected chi connectivity index (χ2v) is 4.86. The van der Waals surface area contributed by atoms with E-state index in [9.17, 15) is 0 Å². The molecular weight excluding hydrogens is 178 g/mol. The van der Waals surface area contributed by atoms with E-state index >= 15 is 0 Å². The second kappa shape index (κ2) is 4.16. The van der Waals surface area contributed by atoms with Crippen LogP contribution < -0.4 is 0 Å². The van der Waals surface area contributed by atoms with Gasteiger partial charge in [-0.3, -0.25) is 0 Å². The van der Waals surface area contributed by atoms with Crippen molar-refractivity contribution in [2.75, 3.05) is 13.1 Å². The van der Waals surface area contributed by atoms with Crippen molar-refractivity contribution < 1.29 is 0 Å². The molecule has 1 nitrogen and oxygen atoms in total. The van der Waals surface area contributed by atoms with Crippen molar-refractivity contribution in [3.05, 3.63) is 30.3 Å². The van der Waals surface area contributed by atoms with E-state index in [-0.39, 0.29) is 0 Å². The first-order valence-electron chi connectivity index (χ1n) is 4.82. The molecule has 0 bridgehead atoms. The predicted octanol–water partition coefficient (Wildman–Crippen LogP) is 3.04. The van der Waals surface area contributed by atoms with Gasteiger partial charge in [-0.2, -0.15) is 0 Å². The van der Waals surface area contributed by atoms with E-state index in [1.807, 2.05) is 11.9 Å². The third kappa shape index (κ3) is 2.48. The molecule has 1 fully saturated rings. The lowest BCUT2D eigenvalue weighted by molar-refractivity contribution is 0.549. The second-order valence-electron chi connectivity index (χ2n) is 3.69. The van der Waals surface area contributed by atoms with Crippen LogP contribution in [0.5, 0.6) is 0 Å². The molecule has 0 amide bonds. The molecule has 1 aromatic rings. The molecule has 70 valence electrons. The van der Waals surface area contributed by atoms with Crippen LogP contribution in [0.3, 0.4) is 0 Å². The van der Waals surface area contributed by atoms with Crippen LogP contribution in [-0.4, -0.2) is 17.4 Å². The zero-order valence-corrected chi connectivity index (χ0v) is 8.76. The van der Waals surface area contributed by atoms with Crippen molar-refractivity contribution in [3.63, 3.8) is 0 Å². The Morgan fingerprint density at radius 1 is 1.31 bits per heavy atom. The molecule has 0 unspecified atom stereocenters. The first kappa shape index (κ1) is 9.10. The van der Waals surface area contributed by atoms with Gasteiger partial charge in [0.25, 0.3) is 0 Å². The third-order valence-electron chi connectivity index (χ3n) is 2.36. The molecule has 1 aliphatic rings. The van der Waals surface area contributed by atoms with Gasteiger partial charge in [0.2, 0.25) is 0 Å². The van der Waals surface area contributed by atoms with Gasteiger partial charge in [0.05, 0.1) is 0 Å². The van der Waals surface area contributed by atoms with Crippen molar-refractivity contribution in [1.82, 2.24) is 4.31 Å². The van der Waals surface area contributed by atoms with Crippen LogP contribution in [0.2, 0.25) is 0 Å². The molecule has 1 atom stereocenters. The maximum absolute atomic E-state index is 2.46.